The second kappa shape index (κ2) is 7.72. The molecular formula is C23H16Cl4N4. The molecule has 0 unspecified atom stereocenters. The van der Waals surface area contributed by atoms with E-state index in [9.17, 15) is 0 Å². The van der Waals surface area contributed by atoms with Gasteiger partial charge in [0.2, 0.25) is 0 Å². The van der Waals surface area contributed by atoms with Crippen LogP contribution in [0.4, 0.5) is 5.82 Å². The first-order chi connectivity index (χ1) is 14.8. The highest BCUT2D eigenvalue weighted by Gasteiger charge is 2.38. The van der Waals surface area contributed by atoms with E-state index in [2.05, 4.69) is 0 Å². The van der Waals surface area contributed by atoms with Gasteiger partial charge in [0.1, 0.15) is 0 Å². The van der Waals surface area contributed by atoms with Crippen LogP contribution in [0.2, 0.25) is 10.0 Å². The van der Waals surface area contributed by atoms with E-state index in [1.807, 2.05) is 66.0 Å². The summed E-state index contributed by atoms with van der Waals surface area (Å²) in [7, 11) is 0. The maximum Gasteiger partial charge on any atom is 0.164 e. The first kappa shape index (κ1) is 20.7. The number of rotatable bonds is 2. The smallest absolute Gasteiger partial charge is 0.164 e. The largest absolute Gasteiger partial charge is 0.318 e. The van der Waals surface area contributed by atoms with Gasteiger partial charge < -0.3 is 4.90 Å². The minimum absolute atomic E-state index is 0.317. The number of aromatic nitrogens is 2. The summed E-state index contributed by atoms with van der Waals surface area (Å²) in [5, 5.41) is 6.88. The predicted molar refractivity (Wildman–Crippen MR) is 128 cm³/mol. The van der Waals surface area contributed by atoms with E-state index in [-0.39, 0.29) is 6.04 Å². The second-order valence-electron chi connectivity index (χ2n) is 7.49. The summed E-state index contributed by atoms with van der Waals surface area (Å²) in [5.74, 6) is 1.30. The summed E-state index contributed by atoms with van der Waals surface area (Å²) in [4.78, 5) is 6.84. The third kappa shape index (κ3) is 3.48. The number of hydrogen-bond acceptors (Lipinski definition) is 3. The van der Waals surface area contributed by atoms with E-state index in [4.69, 9.17) is 56.5 Å². The van der Waals surface area contributed by atoms with E-state index >= 15 is 0 Å². The van der Waals surface area contributed by atoms with E-state index < -0.39 is 0 Å². The standard InChI is InChI=1S/C23H16Cl4N4/c1-12-3-6-16(7-4-12)31-23-20(13(2)29-31)21(17-8-5-14(24)9-18(17)26)30-11-15(25)10-19(27)22(30)28-23/h3-11,21H,1-2H3/t21-/m0/s1. The van der Waals surface area contributed by atoms with E-state index in [0.29, 0.717) is 31.8 Å². The Morgan fingerprint density at radius 1 is 0.935 bits per heavy atom. The van der Waals surface area contributed by atoms with Crippen LogP contribution in [0.5, 0.6) is 0 Å². The Morgan fingerprint density at radius 2 is 1.68 bits per heavy atom. The molecule has 0 saturated heterocycles. The molecule has 1 aromatic heterocycles. The lowest BCUT2D eigenvalue weighted by Gasteiger charge is -2.37. The van der Waals surface area contributed by atoms with Crippen LogP contribution in [0.15, 0.2) is 69.8 Å². The molecular weight excluding hydrogens is 474 g/mol. The molecule has 0 radical (unpaired) electrons. The van der Waals surface area contributed by atoms with Crippen molar-refractivity contribution in [2.45, 2.75) is 19.9 Å². The van der Waals surface area contributed by atoms with Gasteiger partial charge in [-0.05, 0) is 49.8 Å². The summed E-state index contributed by atoms with van der Waals surface area (Å²) >= 11 is 25.7. The Labute approximate surface area is 200 Å². The average Bonchev–Trinajstić information content (AvgIpc) is 3.04. The predicted octanol–water partition coefficient (Wildman–Crippen LogP) is 7.45. The van der Waals surface area contributed by atoms with Crippen molar-refractivity contribution in [3.8, 4) is 5.69 Å². The molecule has 2 aliphatic heterocycles. The minimum Gasteiger partial charge on any atom is -0.318 e. The van der Waals surface area contributed by atoms with E-state index in [1.54, 1.807) is 12.1 Å². The lowest BCUT2D eigenvalue weighted by atomic mass is 9.94. The number of allylic oxidation sites excluding steroid dienone is 2. The Morgan fingerprint density at radius 3 is 2.39 bits per heavy atom. The fourth-order valence-corrected chi connectivity index (χ4v) is 4.98. The molecule has 5 rings (SSSR count). The molecule has 0 bridgehead atoms. The topological polar surface area (TPSA) is 33.4 Å². The van der Waals surface area contributed by atoms with Gasteiger partial charge in [0.05, 0.1) is 27.5 Å². The molecule has 0 N–H and O–H groups in total. The summed E-state index contributed by atoms with van der Waals surface area (Å²) < 4.78 is 1.84. The van der Waals surface area contributed by atoms with Gasteiger partial charge in [-0.25, -0.2) is 9.67 Å². The molecule has 0 aliphatic carbocycles. The average molecular weight is 490 g/mol. The Kier molecular flexibility index (Phi) is 5.14. The zero-order valence-electron chi connectivity index (χ0n) is 16.6. The number of hydrogen-bond donors (Lipinski definition) is 0. The van der Waals surface area contributed by atoms with Crippen LogP contribution in [0.25, 0.3) is 5.69 Å². The summed E-state index contributed by atoms with van der Waals surface area (Å²) in [6, 6.07) is 13.3. The molecule has 3 heterocycles. The summed E-state index contributed by atoms with van der Waals surface area (Å²) in [6.07, 6.45) is 3.50. The Balaban J connectivity index is 1.79. The van der Waals surface area contributed by atoms with Crippen LogP contribution < -0.4 is 0 Å². The quantitative estimate of drug-likeness (QED) is 0.374. The zero-order valence-corrected chi connectivity index (χ0v) is 19.6. The maximum atomic E-state index is 6.65. The van der Waals surface area contributed by atoms with Crippen molar-refractivity contribution >= 4 is 58.1 Å². The minimum atomic E-state index is -0.317. The van der Waals surface area contributed by atoms with Crippen LogP contribution in [-0.4, -0.2) is 20.5 Å². The van der Waals surface area contributed by atoms with Crippen LogP contribution >= 0.6 is 46.4 Å². The normalized spacial score (nSPS) is 17.5. The van der Waals surface area contributed by atoms with Gasteiger partial charge in [0.15, 0.2) is 11.7 Å². The first-order valence-corrected chi connectivity index (χ1v) is 11.1. The van der Waals surface area contributed by atoms with Gasteiger partial charge in [0.25, 0.3) is 0 Å². The van der Waals surface area contributed by atoms with Crippen molar-refractivity contribution in [3.05, 3.63) is 97.2 Å². The highest BCUT2D eigenvalue weighted by Crippen LogP contribution is 2.47. The Bertz CT molecular complexity index is 1300. The third-order valence-corrected chi connectivity index (χ3v) is 6.41. The van der Waals surface area contributed by atoms with E-state index in [1.165, 1.54) is 5.56 Å². The van der Waals surface area contributed by atoms with Crippen molar-refractivity contribution in [1.82, 2.24) is 14.7 Å². The lowest BCUT2D eigenvalue weighted by Crippen LogP contribution is -2.36. The molecule has 0 fully saturated rings. The van der Waals surface area contributed by atoms with Gasteiger partial charge in [-0.3, -0.25) is 0 Å². The molecule has 0 saturated carbocycles. The molecule has 3 aromatic rings. The Hall–Kier alpha value is -2.24. The van der Waals surface area contributed by atoms with Gasteiger partial charge in [-0.2, -0.15) is 5.10 Å². The molecule has 2 aromatic carbocycles. The third-order valence-electron chi connectivity index (χ3n) is 5.37. The van der Waals surface area contributed by atoms with Crippen molar-refractivity contribution in [3.63, 3.8) is 0 Å². The van der Waals surface area contributed by atoms with E-state index in [0.717, 1.165) is 22.5 Å². The molecule has 0 amide bonds. The fourth-order valence-electron chi connectivity index (χ4n) is 3.94. The SMILES string of the molecule is Cc1ccc(-n2nc(C)c3c2N=C2C(Cl)=CC(Cl)=CN2[C@H]3c2ccc(Cl)cc2Cl)cc1. The highest BCUT2D eigenvalue weighted by molar-refractivity contribution is 6.45. The molecule has 0 spiro atoms. The molecule has 31 heavy (non-hydrogen) atoms. The van der Waals surface area contributed by atoms with Gasteiger partial charge >= 0.3 is 0 Å². The van der Waals surface area contributed by atoms with Gasteiger partial charge in [-0.15, -0.1) is 0 Å². The van der Waals surface area contributed by atoms with Gasteiger partial charge in [-0.1, -0.05) is 70.2 Å². The lowest BCUT2D eigenvalue weighted by molar-refractivity contribution is 0.460. The number of aryl methyl sites for hydroxylation is 2. The summed E-state index contributed by atoms with van der Waals surface area (Å²) in [6.45, 7) is 4.01. The van der Waals surface area contributed by atoms with Crippen molar-refractivity contribution in [2.75, 3.05) is 0 Å². The summed E-state index contributed by atoms with van der Waals surface area (Å²) in [5.41, 5.74) is 4.71. The number of amidine groups is 1. The fraction of sp³-hybridized carbons (Fsp3) is 0.130. The zero-order chi connectivity index (χ0) is 21.9. The molecule has 1 atom stereocenters. The first-order valence-electron chi connectivity index (χ1n) is 9.57. The molecule has 8 heteroatoms. The number of aliphatic imine (C=N–C) groups is 1. The van der Waals surface area contributed by atoms with Crippen molar-refractivity contribution in [1.29, 1.82) is 0 Å². The van der Waals surface area contributed by atoms with Gasteiger partial charge in [0, 0.05) is 21.8 Å². The van der Waals surface area contributed by atoms with Crippen molar-refractivity contribution < 1.29 is 0 Å². The molecule has 4 nitrogen and oxygen atoms in total. The van der Waals surface area contributed by atoms with Crippen molar-refractivity contribution in [2.24, 2.45) is 4.99 Å². The monoisotopic (exact) mass is 488 g/mol. The highest BCUT2D eigenvalue weighted by atomic mass is 35.5. The number of fused-ring (bicyclic) bond motifs is 2. The van der Waals surface area contributed by atoms with Crippen LogP contribution in [0, 0.1) is 13.8 Å². The van der Waals surface area contributed by atoms with Crippen LogP contribution in [0.3, 0.4) is 0 Å². The number of nitrogens with zero attached hydrogens (tertiary/aromatic N) is 4. The molecule has 156 valence electrons. The number of halogens is 4. The van der Waals surface area contributed by atoms with Crippen LogP contribution in [0.1, 0.15) is 28.4 Å². The number of benzene rings is 2. The molecule has 2 aliphatic rings. The second-order valence-corrected chi connectivity index (χ2v) is 9.17. The maximum absolute atomic E-state index is 6.65. The van der Waals surface area contributed by atoms with Crippen LogP contribution in [-0.2, 0) is 0 Å².